The highest BCUT2D eigenvalue weighted by Gasteiger charge is 2.26. The number of anilines is 1. The van der Waals surface area contributed by atoms with Crippen LogP contribution in [-0.4, -0.2) is 44.5 Å². The molecule has 1 aliphatic heterocycles. The van der Waals surface area contributed by atoms with E-state index >= 15 is 0 Å². The molecule has 1 saturated heterocycles. The van der Waals surface area contributed by atoms with E-state index < -0.39 is 0 Å². The van der Waals surface area contributed by atoms with E-state index in [0.717, 1.165) is 24.2 Å². The maximum atomic E-state index is 9.96. The Morgan fingerprint density at radius 3 is 3.11 bits per heavy atom. The number of H-pyrrole nitrogens is 1. The van der Waals surface area contributed by atoms with E-state index in [0.29, 0.717) is 18.1 Å². The van der Waals surface area contributed by atoms with Crippen LogP contribution in [0.2, 0.25) is 5.28 Å². The van der Waals surface area contributed by atoms with Crippen molar-refractivity contribution in [2.45, 2.75) is 19.4 Å². The van der Waals surface area contributed by atoms with E-state index in [1.807, 2.05) is 4.90 Å². The molecule has 0 aromatic carbocycles. The Bertz CT molecular complexity index is 572. The lowest BCUT2D eigenvalue weighted by Gasteiger charge is -2.35. The van der Waals surface area contributed by atoms with Crippen molar-refractivity contribution in [3.8, 4) is 0 Å². The fourth-order valence-electron chi connectivity index (χ4n) is 2.28. The molecule has 3 heterocycles. The number of aliphatic hydroxyl groups excluding tert-OH is 1. The summed E-state index contributed by atoms with van der Waals surface area (Å²) < 4.78 is 0. The van der Waals surface area contributed by atoms with Crippen LogP contribution < -0.4 is 4.90 Å². The van der Waals surface area contributed by atoms with Crippen molar-refractivity contribution in [2.24, 2.45) is 5.92 Å². The number of rotatable bonds is 1. The normalized spacial score (nSPS) is 24.7. The Morgan fingerprint density at radius 1 is 1.50 bits per heavy atom. The molecule has 2 aromatic heterocycles. The molecule has 2 aromatic rings. The van der Waals surface area contributed by atoms with Gasteiger partial charge in [0, 0.05) is 13.1 Å². The lowest BCUT2D eigenvalue weighted by atomic mass is 9.96. The largest absolute Gasteiger partial charge is 0.391 e. The Balaban J connectivity index is 2.01. The molecule has 96 valence electrons. The highest BCUT2D eigenvalue weighted by Crippen LogP contribution is 2.28. The molecule has 0 aliphatic carbocycles. The molecule has 1 fully saturated rings. The fourth-order valence-corrected chi connectivity index (χ4v) is 2.44. The van der Waals surface area contributed by atoms with Crippen molar-refractivity contribution in [3.05, 3.63) is 11.5 Å². The Kier molecular flexibility index (Phi) is 2.83. The van der Waals surface area contributed by atoms with Gasteiger partial charge in [-0.1, -0.05) is 6.92 Å². The van der Waals surface area contributed by atoms with Crippen molar-refractivity contribution in [1.82, 2.24) is 20.2 Å². The average molecular weight is 268 g/mol. The van der Waals surface area contributed by atoms with Gasteiger partial charge in [-0.3, -0.25) is 5.10 Å². The summed E-state index contributed by atoms with van der Waals surface area (Å²) in [5.41, 5.74) is 0.623. The summed E-state index contributed by atoms with van der Waals surface area (Å²) in [6.07, 6.45) is 2.28. The van der Waals surface area contributed by atoms with E-state index in [1.54, 1.807) is 6.20 Å². The van der Waals surface area contributed by atoms with Crippen molar-refractivity contribution in [2.75, 3.05) is 18.0 Å². The molecule has 0 bridgehead atoms. The Morgan fingerprint density at radius 2 is 2.33 bits per heavy atom. The lowest BCUT2D eigenvalue weighted by molar-refractivity contribution is 0.103. The molecule has 18 heavy (non-hydrogen) atoms. The number of halogens is 1. The molecule has 0 radical (unpaired) electrons. The minimum atomic E-state index is -0.338. The molecular weight excluding hydrogens is 254 g/mol. The zero-order valence-electron chi connectivity index (χ0n) is 9.97. The van der Waals surface area contributed by atoms with Crippen LogP contribution in [0.1, 0.15) is 13.3 Å². The first-order valence-corrected chi connectivity index (χ1v) is 6.32. The number of β-amino-alcohol motifs (C(OH)–C–C–N with tert-alkyl or cyclic N) is 1. The van der Waals surface area contributed by atoms with Gasteiger partial charge in [0.1, 0.15) is 5.82 Å². The topological polar surface area (TPSA) is 77.9 Å². The summed E-state index contributed by atoms with van der Waals surface area (Å²) in [6, 6.07) is 0. The molecule has 2 atom stereocenters. The number of aromatic amines is 1. The maximum Gasteiger partial charge on any atom is 0.226 e. The van der Waals surface area contributed by atoms with E-state index in [4.69, 9.17) is 11.6 Å². The Labute approximate surface area is 109 Å². The predicted octanol–water partition coefficient (Wildman–Crippen LogP) is 1.21. The van der Waals surface area contributed by atoms with Gasteiger partial charge in [-0.15, -0.1) is 0 Å². The van der Waals surface area contributed by atoms with E-state index in [1.165, 1.54) is 0 Å². The van der Waals surface area contributed by atoms with Gasteiger partial charge in [0.15, 0.2) is 5.65 Å². The zero-order chi connectivity index (χ0) is 12.7. The third kappa shape index (κ3) is 1.91. The minimum absolute atomic E-state index is 0.190. The van der Waals surface area contributed by atoms with Crippen LogP contribution in [0.5, 0.6) is 0 Å². The van der Waals surface area contributed by atoms with Gasteiger partial charge >= 0.3 is 0 Å². The van der Waals surface area contributed by atoms with Gasteiger partial charge < -0.3 is 10.0 Å². The van der Waals surface area contributed by atoms with Crippen LogP contribution in [0, 0.1) is 5.92 Å². The second-order valence-electron chi connectivity index (χ2n) is 4.73. The molecular formula is C11H14ClN5O. The van der Waals surface area contributed by atoms with E-state index in [9.17, 15) is 5.11 Å². The third-order valence-electron chi connectivity index (χ3n) is 3.48. The molecule has 0 amide bonds. The van der Waals surface area contributed by atoms with Gasteiger partial charge in [0.2, 0.25) is 5.28 Å². The SMILES string of the molecule is CC1CCN(c2nc(Cl)nc3[nH]ncc23)CC1O. The van der Waals surface area contributed by atoms with E-state index in [-0.39, 0.29) is 11.4 Å². The summed E-state index contributed by atoms with van der Waals surface area (Å²) in [5.74, 6) is 1.06. The second kappa shape index (κ2) is 4.37. The van der Waals surface area contributed by atoms with Crippen LogP contribution in [0.3, 0.4) is 0 Å². The van der Waals surface area contributed by atoms with Crippen LogP contribution in [0.4, 0.5) is 5.82 Å². The minimum Gasteiger partial charge on any atom is -0.391 e. The zero-order valence-corrected chi connectivity index (χ0v) is 10.7. The smallest absolute Gasteiger partial charge is 0.226 e. The molecule has 2 N–H and O–H groups in total. The van der Waals surface area contributed by atoms with E-state index in [2.05, 4.69) is 27.1 Å². The predicted molar refractivity (Wildman–Crippen MR) is 68.7 cm³/mol. The fraction of sp³-hybridized carbons (Fsp3) is 0.545. The highest BCUT2D eigenvalue weighted by atomic mass is 35.5. The third-order valence-corrected chi connectivity index (χ3v) is 3.65. The first-order chi connectivity index (χ1) is 8.65. The lowest BCUT2D eigenvalue weighted by Crippen LogP contribution is -2.43. The Hall–Kier alpha value is -1.40. The van der Waals surface area contributed by atoms with Crippen LogP contribution >= 0.6 is 11.6 Å². The van der Waals surface area contributed by atoms with Crippen LogP contribution in [0.15, 0.2) is 6.20 Å². The summed E-state index contributed by atoms with van der Waals surface area (Å²) in [5, 5.41) is 17.7. The molecule has 6 nitrogen and oxygen atoms in total. The van der Waals surface area contributed by atoms with Gasteiger partial charge in [-0.2, -0.15) is 15.1 Å². The highest BCUT2D eigenvalue weighted by molar-refractivity contribution is 6.28. The average Bonchev–Trinajstić information content (AvgIpc) is 2.79. The molecule has 1 aliphatic rings. The van der Waals surface area contributed by atoms with Crippen LogP contribution in [-0.2, 0) is 0 Å². The number of fused-ring (bicyclic) bond motifs is 1. The summed E-state index contributed by atoms with van der Waals surface area (Å²) in [7, 11) is 0. The van der Waals surface area contributed by atoms with Crippen molar-refractivity contribution in [3.63, 3.8) is 0 Å². The van der Waals surface area contributed by atoms with Gasteiger partial charge in [0.25, 0.3) is 0 Å². The molecule has 0 saturated carbocycles. The molecule has 3 rings (SSSR count). The molecule has 0 spiro atoms. The monoisotopic (exact) mass is 267 g/mol. The van der Waals surface area contributed by atoms with Gasteiger partial charge in [-0.25, -0.2) is 0 Å². The van der Waals surface area contributed by atoms with Gasteiger partial charge in [-0.05, 0) is 23.9 Å². The maximum absolute atomic E-state index is 9.96. The number of nitrogens with one attached hydrogen (secondary N) is 1. The van der Waals surface area contributed by atoms with Crippen molar-refractivity contribution < 1.29 is 5.11 Å². The van der Waals surface area contributed by atoms with Crippen molar-refractivity contribution in [1.29, 1.82) is 0 Å². The standard InChI is InChI=1S/C11H14ClN5O/c1-6-2-3-17(5-8(6)18)10-7-4-13-16-9(7)14-11(12)15-10/h4,6,8,18H,2-3,5H2,1H3,(H,13,14,15,16). The van der Waals surface area contributed by atoms with Crippen LogP contribution in [0.25, 0.3) is 11.0 Å². The first-order valence-electron chi connectivity index (χ1n) is 5.95. The number of hydrogen-bond donors (Lipinski definition) is 2. The van der Waals surface area contributed by atoms with Crippen molar-refractivity contribution >= 4 is 28.5 Å². The first kappa shape index (κ1) is 11.7. The quantitative estimate of drug-likeness (QED) is 0.760. The molecule has 7 heteroatoms. The second-order valence-corrected chi connectivity index (χ2v) is 5.07. The number of nitrogens with zero attached hydrogens (tertiary/aromatic N) is 4. The number of piperidine rings is 1. The summed E-state index contributed by atoms with van der Waals surface area (Å²) in [4.78, 5) is 10.4. The number of aromatic nitrogens is 4. The number of hydrogen-bond acceptors (Lipinski definition) is 5. The number of aliphatic hydroxyl groups is 1. The summed E-state index contributed by atoms with van der Waals surface area (Å²) in [6.45, 7) is 3.48. The van der Waals surface area contributed by atoms with Gasteiger partial charge in [0.05, 0.1) is 17.7 Å². The molecule has 2 unspecified atom stereocenters. The summed E-state index contributed by atoms with van der Waals surface area (Å²) >= 11 is 5.91.